The minimum Gasteiger partial charge on any atom is -0.478 e. The second-order valence-corrected chi connectivity index (χ2v) is 7.03. The van der Waals surface area contributed by atoms with E-state index in [0.29, 0.717) is 6.42 Å². The van der Waals surface area contributed by atoms with Crippen LogP contribution in [0.4, 0.5) is 4.39 Å². The summed E-state index contributed by atoms with van der Waals surface area (Å²) in [6.07, 6.45) is 2.48. The molecule has 1 aromatic rings. The molecule has 118 valence electrons. The molecule has 0 spiro atoms. The van der Waals surface area contributed by atoms with Crippen molar-refractivity contribution in [2.24, 2.45) is 0 Å². The summed E-state index contributed by atoms with van der Waals surface area (Å²) in [5.74, 6) is -2.55. The fourth-order valence-corrected chi connectivity index (χ4v) is 3.19. The lowest BCUT2D eigenvalue weighted by atomic mass is 10.2. The highest BCUT2D eigenvalue weighted by Crippen LogP contribution is 2.26. The normalized spacial score (nSPS) is 11.9. The SMILES string of the molecule is CCCCCN(C)S(=O)(=O)c1cc(F)c(Cl)c(C(=O)O)c1. The summed E-state index contributed by atoms with van der Waals surface area (Å²) in [4.78, 5) is 10.6. The zero-order valence-corrected chi connectivity index (χ0v) is 13.3. The highest BCUT2D eigenvalue weighted by Gasteiger charge is 2.25. The molecule has 0 fully saturated rings. The summed E-state index contributed by atoms with van der Waals surface area (Å²) in [5.41, 5.74) is -0.572. The van der Waals surface area contributed by atoms with E-state index in [4.69, 9.17) is 16.7 Å². The number of hydrogen-bond acceptors (Lipinski definition) is 3. The summed E-state index contributed by atoms with van der Waals surface area (Å²) in [7, 11) is -2.57. The van der Waals surface area contributed by atoms with Crippen molar-refractivity contribution in [3.63, 3.8) is 0 Å². The second-order valence-electron chi connectivity index (χ2n) is 4.61. The largest absolute Gasteiger partial charge is 0.478 e. The molecule has 1 aromatic carbocycles. The molecular formula is C13H17ClFNO4S. The fraction of sp³-hybridized carbons (Fsp3) is 0.462. The predicted molar refractivity (Wildman–Crippen MR) is 77.7 cm³/mol. The number of carboxylic acid groups (broad SMARTS) is 1. The summed E-state index contributed by atoms with van der Waals surface area (Å²) < 4.78 is 39.3. The molecular weight excluding hydrogens is 321 g/mol. The van der Waals surface area contributed by atoms with Crippen molar-refractivity contribution in [2.45, 2.75) is 31.1 Å². The van der Waals surface area contributed by atoms with E-state index in [2.05, 4.69) is 0 Å². The molecule has 21 heavy (non-hydrogen) atoms. The number of carboxylic acids is 1. The Kier molecular flexibility index (Phi) is 6.12. The van der Waals surface area contributed by atoms with Crippen LogP contribution in [-0.4, -0.2) is 37.4 Å². The van der Waals surface area contributed by atoms with Gasteiger partial charge in [-0.15, -0.1) is 0 Å². The van der Waals surface area contributed by atoms with Gasteiger partial charge in [0.25, 0.3) is 0 Å². The Balaban J connectivity index is 3.17. The maximum atomic E-state index is 13.6. The molecule has 0 atom stereocenters. The molecule has 0 aliphatic rings. The maximum absolute atomic E-state index is 13.6. The zero-order chi connectivity index (χ0) is 16.2. The number of nitrogens with zero attached hydrogens (tertiary/aromatic N) is 1. The van der Waals surface area contributed by atoms with Crippen molar-refractivity contribution < 1.29 is 22.7 Å². The van der Waals surface area contributed by atoms with E-state index < -0.39 is 37.3 Å². The summed E-state index contributed by atoms with van der Waals surface area (Å²) >= 11 is 5.53. The van der Waals surface area contributed by atoms with Gasteiger partial charge in [-0.25, -0.2) is 21.9 Å². The predicted octanol–water partition coefficient (Wildman–Crippen LogP) is 2.99. The van der Waals surface area contributed by atoms with Gasteiger partial charge in [-0.1, -0.05) is 31.4 Å². The molecule has 1 rings (SSSR count). The quantitative estimate of drug-likeness (QED) is 0.776. The third-order valence-corrected chi connectivity index (χ3v) is 5.24. The van der Waals surface area contributed by atoms with Crippen LogP contribution in [0.25, 0.3) is 0 Å². The van der Waals surface area contributed by atoms with Crippen LogP contribution in [0.1, 0.15) is 36.5 Å². The topological polar surface area (TPSA) is 74.7 Å². The highest BCUT2D eigenvalue weighted by molar-refractivity contribution is 7.89. The Labute approximate surface area is 128 Å². The van der Waals surface area contributed by atoms with Crippen molar-refractivity contribution in [3.05, 3.63) is 28.5 Å². The van der Waals surface area contributed by atoms with Crippen LogP contribution in [0.2, 0.25) is 5.02 Å². The number of sulfonamides is 1. The molecule has 8 heteroatoms. The number of benzene rings is 1. The van der Waals surface area contributed by atoms with Crippen LogP contribution in [0.5, 0.6) is 0 Å². The number of aromatic carboxylic acids is 1. The third kappa shape index (κ3) is 4.15. The van der Waals surface area contributed by atoms with E-state index in [-0.39, 0.29) is 6.54 Å². The van der Waals surface area contributed by atoms with Gasteiger partial charge in [0.15, 0.2) is 0 Å². The molecule has 0 bridgehead atoms. The summed E-state index contributed by atoms with van der Waals surface area (Å²) in [6, 6.07) is 1.61. The summed E-state index contributed by atoms with van der Waals surface area (Å²) in [6.45, 7) is 2.27. The first-order valence-electron chi connectivity index (χ1n) is 6.40. The van der Waals surface area contributed by atoms with Crippen LogP contribution in [0.15, 0.2) is 17.0 Å². The molecule has 0 saturated carbocycles. The summed E-state index contributed by atoms with van der Waals surface area (Å²) in [5, 5.41) is 8.33. The van der Waals surface area contributed by atoms with E-state index in [1.165, 1.54) is 7.05 Å². The van der Waals surface area contributed by atoms with Crippen molar-refractivity contribution in [1.29, 1.82) is 0 Å². The van der Waals surface area contributed by atoms with E-state index in [0.717, 1.165) is 29.3 Å². The van der Waals surface area contributed by atoms with Gasteiger partial charge in [-0.2, -0.15) is 0 Å². The van der Waals surface area contributed by atoms with E-state index in [1.54, 1.807) is 0 Å². The highest BCUT2D eigenvalue weighted by atomic mass is 35.5. The molecule has 0 aromatic heterocycles. The monoisotopic (exact) mass is 337 g/mol. The Bertz CT molecular complexity index is 633. The number of halogens is 2. The first kappa shape index (κ1) is 17.9. The lowest BCUT2D eigenvalue weighted by Crippen LogP contribution is -2.28. The smallest absolute Gasteiger partial charge is 0.337 e. The number of rotatable bonds is 7. The van der Waals surface area contributed by atoms with Gasteiger partial charge in [0.05, 0.1) is 15.5 Å². The van der Waals surface area contributed by atoms with Gasteiger partial charge in [-0.3, -0.25) is 0 Å². The number of unbranched alkanes of at least 4 members (excludes halogenated alkanes) is 2. The van der Waals surface area contributed by atoms with Crippen molar-refractivity contribution in [3.8, 4) is 0 Å². The van der Waals surface area contributed by atoms with Crippen LogP contribution in [-0.2, 0) is 10.0 Å². The van der Waals surface area contributed by atoms with Gasteiger partial charge in [0.1, 0.15) is 5.82 Å². The first-order valence-corrected chi connectivity index (χ1v) is 8.22. The Morgan fingerprint density at radius 2 is 2.00 bits per heavy atom. The van der Waals surface area contributed by atoms with Crippen LogP contribution in [0.3, 0.4) is 0 Å². The standard InChI is InChI=1S/C13H17ClFNO4S/c1-3-4-5-6-16(2)21(19,20)9-7-10(13(17)18)12(14)11(15)8-9/h7-8H,3-6H2,1-2H3,(H,17,18). The molecule has 0 heterocycles. The molecule has 0 aliphatic heterocycles. The molecule has 0 amide bonds. The lowest BCUT2D eigenvalue weighted by molar-refractivity contribution is 0.0696. The first-order chi connectivity index (χ1) is 9.71. The molecule has 0 aliphatic carbocycles. The maximum Gasteiger partial charge on any atom is 0.337 e. The Morgan fingerprint density at radius 3 is 2.52 bits per heavy atom. The average Bonchev–Trinajstić information content (AvgIpc) is 2.41. The van der Waals surface area contributed by atoms with Crippen LogP contribution >= 0.6 is 11.6 Å². The van der Waals surface area contributed by atoms with Crippen LogP contribution < -0.4 is 0 Å². The molecule has 0 radical (unpaired) electrons. The van der Waals surface area contributed by atoms with E-state index >= 15 is 0 Å². The molecule has 0 unspecified atom stereocenters. The van der Waals surface area contributed by atoms with Gasteiger partial charge in [0.2, 0.25) is 10.0 Å². The van der Waals surface area contributed by atoms with Gasteiger partial charge in [0, 0.05) is 13.6 Å². The van der Waals surface area contributed by atoms with E-state index in [1.807, 2.05) is 6.92 Å². The lowest BCUT2D eigenvalue weighted by Gasteiger charge is -2.17. The Hall–Kier alpha value is -1.18. The third-order valence-electron chi connectivity index (χ3n) is 3.02. The fourth-order valence-electron chi connectivity index (χ4n) is 1.75. The minimum atomic E-state index is -3.94. The van der Waals surface area contributed by atoms with Crippen molar-refractivity contribution in [1.82, 2.24) is 4.31 Å². The number of hydrogen-bond donors (Lipinski definition) is 1. The Morgan fingerprint density at radius 1 is 1.38 bits per heavy atom. The molecule has 5 nitrogen and oxygen atoms in total. The average molecular weight is 338 g/mol. The van der Waals surface area contributed by atoms with Crippen LogP contribution in [0, 0.1) is 5.82 Å². The minimum absolute atomic E-state index is 0.281. The molecule has 1 N–H and O–H groups in total. The van der Waals surface area contributed by atoms with E-state index in [9.17, 15) is 17.6 Å². The second kappa shape index (κ2) is 7.20. The van der Waals surface area contributed by atoms with Gasteiger partial charge >= 0.3 is 5.97 Å². The van der Waals surface area contributed by atoms with Gasteiger partial charge < -0.3 is 5.11 Å². The number of carbonyl (C=O) groups is 1. The molecule has 0 saturated heterocycles. The van der Waals surface area contributed by atoms with Gasteiger partial charge in [-0.05, 0) is 18.6 Å². The zero-order valence-electron chi connectivity index (χ0n) is 11.8. The van der Waals surface area contributed by atoms with Crippen molar-refractivity contribution in [2.75, 3.05) is 13.6 Å². The van der Waals surface area contributed by atoms with Crippen molar-refractivity contribution >= 4 is 27.6 Å².